The van der Waals surface area contributed by atoms with Gasteiger partial charge in [0.05, 0.1) is 15.8 Å². The summed E-state index contributed by atoms with van der Waals surface area (Å²) in [5.41, 5.74) is 7.44. The molecule has 2 heterocycles. The van der Waals surface area contributed by atoms with Crippen LogP contribution >= 0.6 is 11.3 Å². The van der Waals surface area contributed by atoms with Gasteiger partial charge in [-0.2, -0.15) is 0 Å². The molecule has 1 aliphatic rings. The molecule has 0 amide bonds. The molecule has 1 aromatic heterocycles. The largest absolute Gasteiger partial charge is 0.348 e. The standard InChI is InChI=1S/C25H30N2O2S2/c1-16-6-7-18(3)22(14-16)23-15-30-25(26-23)27-10-8-21(9-11-27)31(28,29)24-19(4)12-17(2)13-20(24)5/h6-7,12-15,21H,8-11H2,1-5H3. The van der Waals surface area contributed by atoms with Crippen LogP contribution in [-0.4, -0.2) is 31.7 Å². The van der Waals surface area contributed by atoms with E-state index >= 15 is 0 Å². The number of hydrogen-bond acceptors (Lipinski definition) is 5. The van der Waals surface area contributed by atoms with Crippen molar-refractivity contribution in [3.63, 3.8) is 0 Å². The third kappa shape index (κ3) is 4.28. The highest BCUT2D eigenvalue weighted by molar-refractivity contribution is 7.92. The van der Waals surface area contributed by atoms with Crippen molar-refractivity contribution < 1.29 is 8.42 Å². The number of piperidine rings is 1. The van der Waals surface area contributed by atoms with Gasteiger partial charge in [-0.05, 0) is 70.2 Å². The molecule has 1 aliphatic heterocycles. The monoisotopic (exact) mass is 454 g/mol. The molecule has 6 heteroatoms. The Kier molecular flexibility index (Phi) is 5.97. The van der Waals surface area contributed by atoms with Gasteiger partial charge in [0.1, 0.15) is 0 Å². The van der Waals surface area contributed by atoms with Gasteiger partial charge in [0.2, 0.25) is 0 Å². The quantitative estimate of drug-likeness (QED) is 0.500. The van der Waals surface area contributed by atoms with Gasteiger partial charge in [0.25, 0.3) is 0 Å². The molecule has 3 aromatic rings. The summed E-state index contributed by atoms with van der Waals surface area (Å²) >= 11 is 1.64. The van der Waals surface area contributed by atoms with Crippen LogP contribution in [0.2, 0.25) is 0 Å². The lowest BCUT2D eigenvalue weighted by molar-refractivity contribution is 0.528. The molecule has 0 radical (unpaired) electrons. The van der Waals surface area contributed by atoms with Crippen LogP contribution in [0, 0.1) is 34.6 Å². The molecule has 0 unspecified atom stereocenters. The van der Waals surface area contributed by atoms with Crippen LogP contribution in [0.5, 0.6) is 0 Å². The number of nitrogens with zero attached hydrogens (tertiary/aromatic N) is 2. The number of hydrogen-bond donors (Lipinski definition) is 0. The number of rotatable bonds is 4. The maximum atomic E-state index is 13.4. The van der Waals surface area contributed by atoms with E-state index in [1.54, 1.807) is 11.3 Å². The Balaban J connectivity index is 1.51. The number of thiazole rings is 1. The Bertz CT molecular complexity index is 1200. The van der Waals surface area contributed by atoms with Crippen molar-refractivity contribution in [2.75, 3.05) is 18.0 Å². The van der Waals surface area contributed by atoms with Gasteiger partial charge in [0, 0.05) is 24.0 Å². The average Bonchev–Trinajstić information content (AvgIpc) is 3.19. The van der Waals surface area contributed by atoms with Crippen LogP contribution in [0.4, 0.5) is 5.13 Å². The number of anilines is 1. The molecular formula is C25H30N2O2S2. The van der Waals surface area contributed by atoms with E-state index in [0.29, 0.717) is 30.8 Å². The molecule has 0 saturated carbocycles. The Morgan fingerprint density at radius 3 is 2.19 bits per heavy atom. The van der Waals surface area contributed by atoms with Crippen molar-refractivity contribution in [1.29, 1.82) is 0 Å². The SMILES string of the molecule is Cc1cc(C)c(S(=O)(=O)C2CCN(c3nc(-c4cc(C)ccc4C)cs3)CC2)c(C)c1. The first-order chi connectivity index (χ1) is 14.7. The molecule has 0 N–H and O–H groups in total. The first-order valence-corrected chi connectivity index (χ1v) is 13.2. The minimum atomic E-state index is -3.34. The normalized spacial score (nSPS) is 15.5. The van der Waals surface area contributed by atoms with Crippen LogP contribution in [0.15, 0.2) is 40.6 Å². The van der Waals surface area contributed by atoms with E-state index < -0.39 is 9.84 Å². The molecule has 4 nitrogen and oxygen atoms in total. The second-order valence-electron chi connectivity index (χ2n) is 8.79. The lowest BCUT2D eigenvalue weighted by atomic mass is 10.0. The first kappa shape index (κ1) is 22.0. The van der Waals surface area contributed by atoms with Gasteiger partial charge in [-0.15, -0.1) is 11.3 Å². The molecule has 31 heavy (non-hydrogen) atoms. The van der Waals surface area contributed by atoms with E-state index in [9.17, 15) is 8.42 Å². The first-order valence-electron chi connectivity index (χ1n) is 10.8. The van der Waals surface area contributed by atoms with Gasteiger partial charge in [0.15, 0.2) is 15.0 Å². The molecular weight excluding hydrogens is 424 g/mol. The van der Waals surface area contributed by atoms with E-state index in [4.69, 9.17) is 4.98 Å². The minimum absolute atomic E-state index is 0.331. The van der Waals surface area contributed by atoms with Crippen LogP contribution < -0.4 is 4.90 Å². The van der Waals surface area contributed by atoms with E-state index in [2.05, 4.69) is 42.3 Å². The highest BCUT2D eigenvalue weighted by Crippen LogP contribution is 2.34. The molecule has 4 rings (SSSR count). The van der Waals surface area contributed by atoms with Gasteiger partial charge in [-0.3, -0.25) is 0 Å². The third-order valence-electron chi connectivity index (χ3n) is 6.20. The zero-order chi connectivity index (χ0) is 22.3. The predicted molar refractivity (Wildman–Crippen MR) is 130 cm³/mol. The Labute approximate surface area is 189 Å². The Hall–Kier alpha value is -2.18. The van der Waals surface area contributed by atoms with Gasteiger partial charge >= 0.3 is 0 Å². The summed E-state index contributed by atoms with van der Waals surface area (Å²) in [4.78, 5) is 7.65. The Morgan fingerprint density at radius 2 is 1.55 bits per heavy atom. The zero-order valence-electron chi connectivity index (χ0n) is 18.9. The summed E-state index contributed by atoms with van der Waals surface area (Å²) in [5.74, 6) is 0. The summed E-state index contributed by atoms with van der Waals surface area (Å²) in [6.45, 7) is 11.5. The van der Waals surface area contributed by atoms with Gasteiger partial charge < -0.3 is 4.90 Å². The van der Waals surface area contributed by atoms with Crippen LogP contribution in [0.3, 0.4) is 0 Å². The summed E-state index contributed by atoms with van der Waals surface area (Å²) in [5, 5.41) is 2.76. The predicted octanol–water partition coefficient (Wildman–Crippen LogP) is 5.79. The summed E-state index contributed by atoms with van der Waals surface area (Å²) in [6.07, 6.45) is 1.26. The second kappa shape index (κ2) is 8.40. The van der Waals surface area contributed by atoms with Crippen molar-refractivity contribution in [2.24, 2.45) is 0 Å². The van der Waals surface area contributed by atoms with Crippen molar-refractivity contribution in [3.8, 4) is 11.3 Å². The lowest BCUT2D eigenvalue weighted by Gasteiger charge is -2.32. The van der Waals surface area contributed by atoms with Crippen LogP contribution in [0.1, 0.15) is 40.7 Å². The number of benzene rings is 2. The third-order valence-corrected chi connectivity index (χ3v) is 9.67. The summed E-state index contributed by atoms with van der Waals surface area (Å²) < 4.78 is 26.8. The maximum Gasteiger partial charge on any atom is 0.185 e. The summed E-state index contributed by atoms with van der Waals surface area (Å²) in [7, 11) is -3.34. The van der Waals surface area contributed by atoms with Crippen LogP contribution in [0.25, 0.3) is 11.3 Å². The average molecular weight is 455 g/mol. The molecule has 0 bridgehead atoms. The van der Waals surface area contributed by atoms with Crippen molar-refractivity contribution >= 4 is 26.3 Å². The number of sulfone groups is 1. The smallest absolute Gasteiger partial charge is 0.185 e. The van der Waals surface area contributed by atoms with Crippen molar-refractivity contribution in [2.45, 2.75) is 57.6 Å². The fourth-order valence-corrected chi connectivity index (χ4v) is 7.74. The molecule has 2 aromatic carbocycles. The number of aromatic nitrogens is 1. The van der Waals surface area contributed by atoms with Crippen molar-refractivity contribution in [3.05, 3.63) is 63.5 Å². The zero-order valence-corrected chi connectivity index (χ0v) is 20.5. The van der Waals surface area contributed by atoms with Crippen LogP contribution in [-0.2, 0) is 9.84 Å². The number of aryl methyl sites for hydroxylation is 5. The highest BCUT2D eigenvalue weighted by Gasteiger charge is 2.34. The second-order valence-corrected chi connectivity index (χ2v) is 11.8. The Morgan fingerprint density at radius 1 is 0.903 bits per heavy atom. The molecule has 0 atom stereocenters. The fraction of sp³-hybridized carbons (Fsp3) is 0.400. The van der Waals surface area contributed by atoms with E-state index in [1.165, 1.54) is 16.7 Å². The molecule has 1 saturated heterocycles. The molecule has 0 aliphatic carbocycles. The fourth-order valence-electron chi connectivity index (χ4n) is 4.68. The maximum absolute atomic E-state index is 13.4. The van der Waals surface area contributed by atoms with Gasteiger partial charge in [-0.1, -0.05) is 35.4 Å². The van der Waals surface area contributed by atoms with E-state index in [1.807, 2.05) is 32.9 Å². The minimum Gasteiger partial charge on any atom is -0.348 e. The highest BCUT2D eigenvalue weighted by atomic mass is 32.2. The molecule has 1 fully saturated rings. The van der Waals surface area contributed by atoms with E-state index in [0.717, 1.165) is 27.5 Å². The van der Waals surface area contributed by atoms with Crippen molar-refractivity contribution in [1.82, 2.24) is 4.98 Å². The van der Waals surface area contributed by atoms with E-state index in [-0.39, 0.29) is 5.25 Å². The summed E-state index contributed by atoms with van der Waals surface area (Å²) in [6, 6.07) is 10.4. The lowest BCUT2D eigenvalue weighted by Crippen LogP contribution is -2.39. The topological polar surface area (TPSA) is 50.3 Å². The molecule has 164 valence electrons. The van der Waals surface area contributed by atoms with Gasteiger partial charge in [-0.25, -0.2) is 13.4 Å². The molecule has 0 spiro atoms.